The van der Waals surface area contributed by atoms with Gasteiger partial charge in [0.15, 0.2) is 0 Å². The number of rotatable bonds is 4. The van der Waals surface area contributed by atoms with Crippen LogP contribution in [0.3, 0.4) is 0 Å². The van der Waals surface area contributed by atoms with Gasteiger partial charge in [-0.2, -0.15) is 0 Å². The molecule has 0 aliphatic heterocycles. The molecule has 0 bridgehead atoms. The standard InChI is InChI=1S/C14H17N3OS/c1-4-5-6-16-13(18)12-11(15)10-8(2)7-9(3)17-14(10)19-12/h4,7H,1,5-6,15H2,2-3H3,(H,16,18). The van der Waals surface area contributed by atoms with Gasteiger partial charge < -0.3 is 11.1 Å². The lowest BCUT2D eigenvalue weighted by Gasteiger charge is -2.02. The Labute approximate surface area is 116 Å². The number of thiophene rings is 1. The molecule has 0 saturated heterocycles. The molecule has 0 unspecified atom stereocenters. The van der Waals surface area contributed by atoms with E-state index in [0.29, 0.717) is 17.1 Å². The maximum atomic E-state index is 12.1. The highest BCUT2D eigenvalue weighted by molar-refractivity contribution is 7.21. The van der Waals surface area contributed by atoms with Crippen LogP contribution in [0.4, 0.5) is 5.69 Å². The second-order valence-corrected chi connectivity index (χ2v) is 5.44. The summed E-state index contributed by atoms with van der Waals surface area (Å²) in [4.78, 5) is 17.9. The van der Waals surface area contributed by atoms with E-state index in [1.807, 2.05) is 19.9 Å². The number of nitrogens with zero attached hydrogens (tertiary/aromatic N) is 1. The summed E-state index contributed by atoms with van der Waals surface area (Å²) >= 11 is 1.34. The number of anilines is 1. The van der Waals surface area contributed by atoms with E-state index in [1.165, 1.54) is 11.3 Å². The summed E-state index contributed by atoms with van der Waals surface area (Å²) in [6.45, 7) is 8.11. The zero-order valence-corrected chi connectivity index (χ0v) is 11.9. The molecule has 5 heteroatoms. The number of nitrogens with one attached hydrogen (secondary N) is 1. The first-order valence-corrected chi connectivity index (χ1v) is 6.91. The van der Waals surface area contributed by atoms with E-state index in [4.69, 9.17) is 5.73 Å². The van der Waals surface area contributed by atoms with Gasteiger partial charge in [0.2, 0.25) is 0 Å². The summed E-state index contributed by atoms with van der Waals surface area (Å²) in [5.41, 5.74) is 8.61. The van der Waals surface area contributed by atoms with E-state index in [9.17, 15) is 4.79 Å². The zero-order chi connectivity index (χ0) is 14.0. The van der Waals surface area contributed by atoms with Crippen molar-refractivity contribution in [2.75, 3.05) is 12.3 Å². The van der Waals surface area contributed by atoms with Crippen LogP contribution in [0.5, 0.6) is 0 Å². The molecular formula is C14H17N3OS. The molecule has 0 aliphatic rings. The Morgan fingerprint density at radius 1 is 1.58 bits per heavy atom. The van der Waals surface area contributed by atoms with Crippen molar-refractivity contribution < 1.29 is 4.79 Å². The number of nitrogen functional groups attached to an aromatic ring is 1. The average molecular weight is 275 g/mol. The Bertz CT molecular complexity index is 646. The van der Waals surface area contributed by atoms with E-state index in [0.717, 1.165) is 27.9 Å². The van der Waals surface area contributed by atoms with Gasteiger partial charge in [0.1, 0.15) is 9.71 Å². The zero-order valence-electron chi connectivity index (χ0n) is 11.1. The lowest BCUT2D eigenvalue weighted by molar-refractivity contribution is 0.0959. The number of carbonyl (C=O) groups is 1. The highest BCUT2D eigenvalue weighted by atomic mass is 32.1. The Balaban J connectivity index is 2.39. The van der Waals surface area contributed by atoms with E-state index >= 15 is 0 Å². The minimum Gasteiger partial charge on any atom is -0.397 e. The number of fused-ring (bicyclic) bond motifs is 1. The van der Waals surface area contributed by atoms with Gasteiger partial charge in [0.25, 0.3) is 5.91 Å². The van der Waals surface area contributed by atoms with Gasteiger partial charge in [0.05, 0.1) is 5.69 Å². The molecule has 2 aromatic rings. The number of aromatic nitrogens is 1. The van der Waals surface area contributed by atoms with Crippen LogP contribution < -0.4 is 11.1 Å². The van der Waals surface area contributed by atoms with Crippen molar-refractivity contribution in [3.05, 3.63) is 34.9 Å². The second-order valence-electron chi connectivity index (χ2n) is 4.44. The smallest absolute Gasteiger partial charge is 0.263 e. The average Bonchev–Trinajstić information content (AvgIpc) is 2.66. The minimum atomic E-state index is -0.139. The summed E-state index contributed by atoms with van der Waals surface area (Å²) in [6.07, 6.45) is 2.51. The lowest BCUT2D eigenvalue weighted by atomic mass is 10.1. The molecule has 0 spiro atoms. The van der Waals surface area contributed by atoms with Crippen LogP contribution in [0.2, 0.25) is 0 Å². The summed E-state index contributed by atoms with van der Waals surface area (Å²) < 4.78 is 0. The van der Waals surface area contributed by atoms with Crippen LogP contribution in [0.15, 0.2) is 18.7 Å². The molecule has 3 N–H and O–H groups in total. The van der Waals surface area contributed by atoms with E-state index in [2.05, 4.69) is 16.9 Å². The first kappa shape index (κ1) is 13.5. The van der Waals surface area contributed by atoms with Crippen molar-refractivity contribution in [2.24, 2.45) is 0 Å². The van der Waals surface area contributed by atoms with Crippen molar-refractivity contribution in [2.45, 2.75) is 20.3 Å². The molecule has 19 heavy (non-hydrogen) atoms. The van der Waals surface area contributed by atoms with Gasteiger partial charge in [-0.05, 0) is 31.9 Å². The van der Waals surface area contributed by atoms with Crippen LogP contribution in [-0.2, 0) is 0 Å². The van der Waals surface area contributed by atoms with E-state index in [-0.39, 0.29) is 5.91 Å². The molecular weight excluding hydrogens is 258 g/mol. The number of pyridine rings is 1. The summed E-state index contributed by atoms with van der Waals surface area (Å²) in [7, 11) is 0. The lowest BCUT2D eigenvalue weighted by Crippen LogP contribution is -2.23. The number of nitrogens with two attached hydrogens (primary N) is 1. The van der Waals surface area contributed by atoms with Gasteiger partial charge in [-0.25, -0.2) is 4.98 Å². The monoisotopic (exact) mass is 275 g/mol. The van der Waals surface area contributed by atoms with E-state index < -0.39 is 0 Å². The number of aryl methyl sites for hydroxylation is 2. The molecule has 1 amide bonds. The molecule has 0 atom stereocenters. The van der Waals surface area contributed by atoms with Crippen molar-refractivity contribution in [1.29, 1.82) is 0 Å². The van der Waals surface area contributed by atoms with Gasteiger partial charge in [-0.15, -0.1) is 17.9 Å². The number of hydrogen-bond acceptors (Lipinski definition) is 4. The molecule has 0 radical (unpaired) electrons. The van der Waals surface area contributed by atoms with Gasteiger partial charge in [-0.3, -0.25) is 4.79 Å². The largest absolute Gasteiger partial charge is 0.397 e. The molecule has 0 saturated carbocycles. The van der Waals surface area contributed by atoms with Crippen molar-refractivity contribution >= 4 is 33.1 Å². The van der Waals surface area contributed by atoms with Crippen LogP contribution in [0.25, 0.3) is 10.2 Å². The SMILES string of the molecule is C=CCCNC(=O)c1sc2nc(C)cc(C)c2c1N. The third-order valence-electron chi connectivity index (χ3n) is 2.86. The Hall–Kier alpha value is -1.88. The van der Waals surface area contributed by atoms with E-state index in [1.54, 1.807) is 6.08 Å². The predicted octanol–water partition coefficient (Wildman–Crippen LogP) is 2.80. The molecule has 0 aromatic carbocycles. The maximum absolute atomic E-state index is 12.1. The molecule has 4 nitrogen and oxygen atoms in total. The van der Waals surface area contributed by atoms with Gasteiger partial charge >= 0.3 is 0 Å². The number of hydrogen-bond donors (Lipinski definition) is 2. The Morgan fingerprint density at radius 2 is 2.32 bits per heavy atom. The van der Waals surface area contributed by atoms with Crippen LogP contribution >= 0.6 is 11.3 Å². The van der Waals surface area contributed by atoms with Gasteiger partial charge in [0, 0.05) is 17.6 Å². The number of amides is 1. The summed E-state index contributed by atoms with van der Waals surface area (Å²) in [6, 6.07) is 1.98. The molecule has 100 valence electrons. The van der Waals surface area contributed by atoms with Gasteiger partial charge in [-0.1, -0.05) is 6.08 Å². The molecule has 2 aromatic heterocycles. The highest BCUT2D eigenvalue weighted by Crippen LogP contribution is 2.34. The minimum absolute atomic E-state index is 0.139. The van der Waals surface area contributed by atoms with Crippen molar-refractivity contribution in [1.82, 2.24) is 10.3 Å². The fourth-order valence-electron chi connectivity index (χ4n) is 2.01. The van der Waals surface area contributed by atoms with Crippen LogP contribution in [0.1, 0.15) is 27.3 Å². The van der Waals surface area contributed by atoms with Crippen LogP contribution in [-0.4, -0.2) is 17.4 Å². The topological polar surface area (TPSA) is 68.0 Å². The quantitative estimate of drug-likeness (QED) is 0.666. The van der Waals surface area contributed by atoms with Crippen molar-refractivity contribution in [3.8, 4) is 0 Å². The summed E-state index contributed by atoms with van der Waals surface area (Å²) in [5.74, 6) is -0.139. The first-order chi connectivity index (χ1) is 9.04. The molecule has 0 fully saturated rings. The fraction of sp³-hybridized carbons (Fsp3) is 0.286. The van der Waals surface area contributed by atoms with Crippen molar-refractivity contribution in [3.63, 3.8) is 0 Å². The Kier molecular flexibility index (Phi) is 3.85. The maximum Gasteiger partial charge on any atom is 0.263 e. The number of carbonyl (C=O) groups excluding carboxylic acids is 1. The third-order valence-corrected chi connectivity index (χ3v) is 3.96. The third kappa shape index (κ3) is 2.61. The normalized spacial score (nSPS) is 10.6. The first-order valence-electron chi connectivity index (χ1n) is 6.10. The van der Waals surface area contributed by atoms with Crippen LogP contribution in [0, 0.1) is 13.8 Å². The summed E-state index contributed by atoms with van der Waals surface area (Å²) in [5, 5.41) is 3.72. The Morgan fingerprint density at radius 3 is 3.00 bits per heavy atom. The molecule has 2 rings (SSSR count). The second kappa shape index (κ2) is 5.40. The molecule has 0 aliphatic carbocycles. The highest BCUT2D eigenvalue weighted by Gasteiger charge is 2.18. The molecule has 2 heterocycles. The fourth-order valence-corrected chi connectivity index (χ4v) is 3.14. The predicted molar refractivity (Wildman–Crippen MR) is 80.7 cm³/mol.